The standard InChI is InChI=1S/C12H8O5/c13-9-3-1-2-7(4-9)11(14)8-5-10(12(15)16)17-6-8/h1-6,13H,(H,15,16). The van der Waals surface area contributed by atoms with Crippen molar-refractivity contribution in [3.8, 4) is 5.75 Å². The highest BCUT2D eigenvalue weighted by molar-refractivity contribution is 6.09. The van der Waals surface area contributed by atoms with Crippen LogP contribution in [-0.2, 0) is 0 Å². The molecule has 0 aliphatic rings. The molecule has 0 fully saturated rings. The van der Waals surface area contributed by atoms with Gasteiger partial charge in [0.2, 0.25) is 5.76 Å². The molecule has 2 N–H and O–H groups in total. The van der Waals surface area contributed by atoms with E-state index in [1.807, 2.05) is 0 Å². The third-order valence-corrected chi connectivity index (χ3v) is 2.18. The molecule has 5 heteroatoms. The zero-order chi connectivity index (χ0) is 12.4. The Morgan fingerprint density at radius 1 is 1.12 bits per heavy atom. The second kappa shape index (κ2) is 4.13. The van der Waals surface area contributed by atoms with Gasteiger partial charge >= 0.3 is 5.97 Å². The Hall–Kier alpha value is -2.56. The molecule has 1 aromatic carbocycles. The van der Waals surface area contributed by atoms with Crippen molar-refractivity contribution in [1.29, 1.82) is 0 Å². The van der Waals surface area contributed by atoms with Crippen LogP contribution in [0.2, 0.25) is 0 Å². The first-order valence-electron chi connectivity index (χ1n) is 4.73. The molecule has 0 bridgehead atoms. The second-order valence-corrected chi connectivity index (χ2v) is 3.38. The molecule has 0 atom stereocenters. The molecular formula is C12H8O5. The maximum atomic E-state index is 11.9. The molecule has 0 amide bonds. The van der Waals surface area contributed by atoms with Gasteiger partial charge in [0, 0.05) is 11.6 Å². The predicted molar refractivity (Wildman–Crippen MR) is 57.2 cm³/mol. The van der Waals surface area contributed by atoms with Crippen molar-refractivity contribution in [3.05, 3.63) is 53.5 Å². The summed E-state index contributed by atoms with van der Waals surface area (Å²) in [4.78, 5) is 22.5. The van der Waals surface area contributed by atoms with Crippen molar-refractivity contribution in [2.45, 2.75) is 0 Å². The number of rotatable bonds is 3. The number of hydrogen-bond donors (Lipinski definition) is 2. The maximum Gasteiger partial charge on any atom is 0.371 e. The fraction of sp³-hybridized carbons (Fsp3) is 0. The van der Waals surface area contributed by atoms with Gasteiger partial charge in [0.05, 0.1) is 5.56 Å². The van der Waals surface area contributed by atoms with Crippen molar-refractivity contribution < 1.29 is 24.2 Å². The van der Waals surface area contributed by atoms with Crippen LogP contribution in [0.25, 0.3) is 0 Å². The van der Waals surface area contributed by atoms with Crippen LogP contribution < -0.4 is 0 Å². The summed E-state index contributed by atoms with van der Waals surface area (Å²) in [6, 6.07) is 6.94. The molecule has 17 heavy (non-hydrogen) atoms. The van der Waals surface area contributed by atoms with Crippen LogP contribution in [-0.4, -0.2) is 22.0 Å². The SMILES string of the molecule is O=C(c1cccc(O)c1)c1coc(C(=O)O)c1. The highest BCUT2D eigenvalue weighted by atomic mass is 16.4. The molecule has 1 aromatic heterocycles. The normalized spacial score (nSPS) is 10.1. The number of phenols is 1. The van der Waals surface area contributed by atoms with Crippen LogP contribution in [0.1, 0.15) is 26.5 Å². The second-order valence-electron chi connectivity index (χ2n) is 3.38. The number of phenolic OH excluding ortho intramolecular Hbond substituents is 1. The minimum atomic E-state index is -1.24. The van der Waals surface area contributed by atoms with Crippen LogP contribution in [0, 0.1) is 0 Å². The van der Waals surface area contributed by atoms with Gasteiger partial charge in [-0.25, -0.2) is 4.79 Å². The highest BCUT2D eigenvalue weighted by Gasteiger charge is 2.15. The van der Waals surface area contributed by atoms with E-state index in [0.29, 0.717) is 0 Å². The Kier molecular flexibility index (Phi) is 2.66. The number of aromatic carboxylic acids is 1. The van der Waals surface area contributed by atoms with Crippen LogP contribution in [0.15, 0.2) is 41.0 Å². The summed E-state index contributed by atoms with van der Waals surface area (Å²) < 4.78 is 4.72. The maximum absolute atomic E-state index is 11.9. The molecule has 0 spiro atoms. The van der Waals surface area contributed by atoms with E-state index in [1.165, 1.54) is 24.3 Å². The third kappa shape index (κ3) is 2.17. The van der Waals surface area contributed by atoms with Gasteiger partial charge in [-0.05, 0) is 12.1 Å². The largest absolute Gasteiger partial charge is 0.508 e. The van der Waals surface area contributed by atoms with Crippen molar-refractivity contribution in [2.75, 3.05) is 0 Å². The Morgan fingerprint density at radius 2 is 1.88 bits per heavy atom. The molecule has 86 valence electrons. The molecule has 0 aliphatic carbocycles. The highest BCUT2D eigenvalue weighted by Crippen LogP contribution is 2.17. The zero-order valence-corrected chi connectivity index (χ0v) is 8.58. The molecular weight excluding hydrogens is 224 g/mol. The molecule has 0 unspecified atom stereocenters. The lowest BCUT2D eigenvalue weighted by Crippen LogP contribution is -1.99. The minimum absolute atomic E-state index is 0.0298. The predicted octanol–water partition coefficient (Wildman–Crippen LogP) is 1.91. The quantitative estimate of drug-likeness (QED) is 0.789. The summed E-state index contributed by atoms with van der Waals surface area (Å²) in [6.45, 7) is 0. The molecule has 5 nitrogen and oxygen atoms in total. The van der Waals surface area contributed by atoms with Crippen LogP contribution in [0.4, 0.5) is 0 Å². The number of carbonyl (C=O) groups is 2. The number of carboxylic acid groups (broad SMARTS) is 1. The summed E-state index contributed by atoms with van der Waals surface area (Å²) in [5.74, 6) is -1.97. The van der Waals surface area contributed by atoms with E-state index in [1.54, 1.807) is 0 Å². The fourth-order valence-corrected chi connectivity index (χ4v) is 1.38. The van der Waals surface area contributed by atoms with Gasteiger partial charge in [-0.3, -0.25) is 4.79 Å². The van der Waals surface area contributed by atoms with E-state index in [0.717, 1.165) is 12.3 Å². The molecule has 2 aromatic rings. The number of ketones is 1. The number of carboxylic acids is 1. The zero-order valence-electron chi connectivity index (χ0n) is 8.58. The van der Waals surface area contributed by atoms with E-state index in [4.69, 9.17) is 9.52 Å². The first kappa shape index (κ1) is 10.9. The van der Waals surface area contributed by atoms with Crippen molar-refractivity contribution in [1.82, 2.24) is 0 Å². The Bertz CT molecular complexity index is 582. The average molecular weight is 232 g/mol. The molecule has 1 heterocycles. The lowest BCUT2D eigenvalue weighted by atomic mass is 10.1. The topological polar surface area (TPSA) is 87.7 Å². The van der Waals surface area contributed by atoms with Crippen LogP contribution in [0.5, 0.6) is 5.75 Å². The van der Waals surface area contributed by atoms with Crippen LogP contribution >= 0.6 is 0 Å². The lowest BCUT2D eigenvalue weighted by molar-refractivity contribution is 0.0662. The van der Waals surface area contributed by atoms with Gasteiger partial charge in [0.25, 0.3) is 0 Å². The average Bonchev–Trinajstić information content (AvgIpc) is 2.77. The van der Waals surface area contributed by atoms with Crippen molar-refractivity contribution in [2.24, 2.45) is 0 Å². The number of furan rings is 1. The van der Waals surface area contributed by atoms with Gasteiger partial charge < -0.3 is 14.6 Å². The molecule has 0 saturated heterocycles. The first-order valence-corrected chi connectivity index (χ1v) is 4.73. The van der Waals surface area contributed by atoms with E-state index in [9.17, 15) is 14.7 Å². The summed E-state index contributed by atoms with van der Waals surface area (Å²) >= 11 is 0. The molecule has 0 saturated carbocycles. The Morgan fingerprint density at radius 3 is 2.47 bits per heavy atom. The van der Waals surface area contributed by atoms with Crippen LogP contribution in [0.3, 0.4) is 0 Å². The third-order valence-electron chi connectivity index (χ3n) is 2.18. The number of benzene rings is 1. The Labute approximate surface area is 95.9 Å². The molecule has 0 aliphatic heterocycles. The van der Waals surface area contributed by atoms with Gasteiger partial charge in [0.1, 0.15) is 12.0 Å². The monoisotopic (exact) mass is 232 g/mol. The summed E-state index contributed by atoms with van der Waals surface area (Å²) in [6.07, 6.45) is 1.08. The van der Waals surface area contributed by atoms with E-state index in [2.05, 4.69) is 0 Å². The van der Waals surface area contributed by atoms with E-state index in [-0.39, 0.29) is 22.6 Å². The molecule has 2 rings (SSSR count). The fourth-order valence-electron chi connectivity index (χ4n) is 1.38. The van der Waals surface area contributed by atoms with Gasteiger partial charge in [-0.2, -0.15) is 0 Å². The summed E-state index contributed by atoms with van der Waals surface area (Å²) in [5.41, 5.74) is 0.399. The van der Waals surface area contributed by atoms with Gasteiger partial charge in [0.15, 0.2) is 5.78 Å². The minimum Gasteiger partial charge on any atom is -0.508 e. The van der Waals surface area contributed by atoms with Gasteiger partial charge in [-0.15, -0.1) is 0 Å². The Balaban J connectivity index is 2.34. The van der Waals surface area contributed by atoms with E-state index >= 15 is 0 Å². The van der Waals surface area contributed by atoms with Gasteiger partial charge in [-0.1, -0.05) is 12.1 Å². The van der Waals surface area contributed by atoms with Crippen molar-refractivity contribution in [3.63, 3.8) is 0 Å². The number of hydrogen-bond acceptors (Lipinski definition) is 4. The smallest absolute Gasteiger partial charge is 0.371 e. The van der Waals surface area contributed by atoms with Crippen molar-refractivity contribution >= 4 is 11.8 Å². The van der Waals surface area contributed by atoms with E-state index < -0.39 is 11.8 Å². The summed E-state index contributed by atoms with van der Waals surface area (Å²) in [7, 11) is 0. The molecule has 0 radical (unpaired) electrons. The first-order chi connectivity index (χ1) is 8.08. The number of carbonyl (C=O) groups excluding carboxylic acids is 1. The summed E-state index contributed by atoms with van der Waals surface area (Å²) in [5, 5.41) is 17.9. The lowest BCUT2D eigenvalue weighted by Gasteiger charge is -1.97. The number of aromatic hydroxyl groups is 1.